The number of carbonyl (C=O) groups is 1. The molecule has 3 rings (SSSR count). The maximum Gasteiger partial charge on any atom is 0.317 e. The van der Waals surface area contributed by atoms with E-state index < -0.39 is 0 Å². The molecule has 25 heavy (non-hydrogen) atoms. The van der Waals surface area contributed by atoms with Gasteiger partial charge in [0.05, 0.1) is 6.10 Å². The quantitative estimate of drug-likeness (QED) is 0.862. The summed E-state index contributed by atoms with van der Waals surface area (Å²) in [6.07, 6.45) is 4.33. The molecule has 1 heterocycles. The molecule has 0 bridgehead atoms. The lowest BCUT2D eigenvalue weighted by Crippen LogP contribution is -2.46. The van der Waals surface area contributed by atoms with Crippen molar-refractivity contribution < 1.29 is 9.90 Å². The Morgan fingerprint density at radius 3 is 2.64 bits per heavy atom. The fourth-order valence-corrected chi connectivity index (χ4v) is 4.02. The third-order valence-corrected chi connectivity index (χ3v) is 5.52. The number of benzene rings is 1. The number of urea groups is 1. The van der Waals surface area contributed by atoms with Crippen LogP contribution >= 0.6 is 0 Å². The van der Waals surface area contributed by atoms with Crippen molar-refractivity contribution >= 4 is 6.03 Å². The topological polar surface area (TPSA) is 55.8 Å². The number of nitrogens with zero attached hydrogens (tertiary/aromatic N) is 2. The highest BCUT2D eigenvalue weighted by Gasteiger charge is 2.26. The van der Waals surface area contributed by atoms with E-state index in [1.165, 1.54) is 5.56 Å². The number of hydrogen-bond acceptors (Lipinski definition) is 3. The van der Waals surface area contributed by atoms with E-state index in [9.17, 15) is 9.90 Å². The molecule has 1 atom stereocenters. The van der Waals surface area contributed by atoms with Crippen molar-refractivity contribution in [2.45, 2.75) is 50.8 Å². The first-order valence-corrected chi connectivity index (χ1v) is 9.56. The first-order valence-electron chi connectivity index (χ1n) is 9.56. The van der Waals surface area contributed by atoms with Crippen LogP contribution in [0.3, 0.4) is 0 Å². The molecule has 5 heteroatoms. The van der Waals surface area contributed by atoms with Crippen molar-refractivity contribution in [3.8, 4) is 0 Å². The van der Waals surface area contributed by atoms with Gasteiger partial charge in [-0.1, -0.05) is 30.3 Å². The molecule has 138 valence electrons. The minimum Gasteiger partial charge on any atom is -0.393 e. The lowest BCUT2D eigenvalue weighted by molar-refractivity contribution is 0.115. The molecule has 1 aliphatic carbocycles. The van der Waals surface area contributed by atoms with Gasteiger partial charge in [0.15, 0.2) is 0 Å². The van der Waals surface area contributed by atoms with E-state index >= 15 is 0 Å². The fourth-order valence-electron chi connectivity index (χ4n) is 4.02. The zero-order valence-electron chi connectivity index (χ0n) is 15.2. The Balaban J connectivity index is 1.39. The second-order valence-corrected chi connectivity index (χ2v) is 7.71. The molecule has 1 aliphatic heterocycles. The monoisotopic (exact) mass is 345 g/mol. The highest BCUT2D eigenvalue weighted by molar-refractivity contribution is 5.74. The zero-order valence-corrected chi connectivity index (χ0v) is 15.2. The molecule has 0 radical (unpaired) electrons. The van der Waals surface area contributed by atoms with E-state index in [2.05, 4.69) is 40.5 Å². The summed E-state index contributed by atoms with van der Waals surface area (Å²) in [6.45, 7) is 3.97. The average Bonchev–Trinajstić information content (AvgIpc) is 3.04. The Labute approximate surface area is 151 Å². The second-order valence-electron chi connectivity index (χ2n) is 7.71. The van der Waals surface area contributed by atoms with Gasteiger partial charge >= 0.3 is 6.03 Å². The SMILES string of the molecule is CN(CC1CCN(Cc2ccccc2)C1)C(=O)NC1CCC(O)CC1. The van der Waals surface area contributed by atoms with Gasteiger partial charge in [-0.15, -0.1) is 0 Å². The van der Waals surface area contributed by atoms with Crippen LogP contribution in [-0.4, -0.2) is 59.8 Å². The van der Waals surface area contributed by atoms with Gasteiger partial charge in [0.2, 0.25) is 0 Å². The number of aliphatic hydroxyl groups is 1. The van der Waals surface area contributed by atoms with E-state index in [0.29, 0.717) is 5.92 Å². The number of likely N-dealkylation sites (tertiary alicyclic amines) is 1. The number of rotatable bonds is 5. The van der Waals surface area contributed by atoms with Gasteiger partial charge in [-0.05, 0) is 50.1 Å². The summed E-state index contributed by atoms with van der Waals surface area (Å²) in [5.74, 6) is 0.549. The van der Waals surface area contributed by atoms with Crippen LogP contribution in [0.15, 0.2) is 30.3 Å². The smallest absolute Gasteiger partial charge is 0.317 e. The Kier molecular flexibility index (Phi) is 6.32. The second kappa shape index (κ2) is 8.68. The van der Waals surface area contributed by atoms with Crippen molar-refractivity contribution in [2.24, 2.45) is 5.92 Å². The fraction of sp³-hybridized carbons (Fsp3) is 0.650. The first kappa shape index (κ1) is 18.2. The van der Waals surface area contributed by atoms with Crippen LogP contribution in [0.2, 0.25) is 0 Å². The molecule has 1 saturated heterocycles. The van der Waals surface area contributed by atoms with E-state index in [1.807, 2.05) is 11.9 Å². The highest BCUT2D eigenvalue weighted by Crippen LogP contribution is 2.21. The van der Waals surface area contributed by atoms with Gasteiger partial charge in [0, 0.05) is 32.7 Å². The van der Waals surface area contributed by atoms with Crippen LogP contribution in [0.5, 0.6) is 0 Å². The minimum absolute atomic E-state index is 0.0305. The molecule has 1 saturated carbocycles. The molecule has 0 aromatic heterocycles. The minimum atomic E-state index is -0.181. The predicted molar refractivity (Wildman–Crippen MR) is 99.3 cm³/mol. The third-order valence-electron chi connectivity index (χ3n) is 5.52. The van der Waals surface area contributed by atoms with Gasteiger partial charge in [0.1, 0.15) is 0 Å². The van der Waals surface area contributed by atoms with Crippen LogP contribution in [0.4, 0.5) is 4.79 Å². The number of aliphatic hydroxyl groups excluding tert-OH is 1. The molecule has 0 spiro atoms. The number of carbonyl (C=O) groups excluding carboxylic acids is 1. The van der Waals surface area contributed by atoms with Crippen molar-refractivity contribution in [2.75, 3.05) is 26.7 Å². The Morgan fingerprint density at radius 1 is 1.20 bits per heavy atom. The summed E-state index contributed by atoms with van der Waals surface area (Å²) in [5.41, 5.74) is 1.36. The van der Waals surface area contributed by atoms with Crippen LogP contribution in [0, 0.1) is 5.92 Å². The normalized spacial score (nSPS) is 27.2. The maximum atomic E-state index is 12.4. The molecule has 1 aromatic rings. The largest absolute Gasteiger partial charge is 0.393 e. The number of hydrogen-bond donors (Lipinski definition) is 2. The van der Waals surface area contributed by atoms with Crippen LogP contribution in [-0.2, 0) is 6.54 Å². The molecule has 2 fully saturated rings. The maximum absolute atomic E-state index is 12.4. The van der Waals surface area contributed by atoms with Crippen molar-refractivity contribution in [3.63, 3.8) is 0 Å². The predicted octanol–water partition coefficient (Wildman–Crippen LogP) is 2.45. The number of amides is 2. The Morgan fingerprint density at radius 2 is 1.92 bits per heavy atom. The van der Waals surface area contributed by atoms with E-state index in [1.54, 1.807) is 0 Å². The van der Waals surface area contributed by atoms with E-state index in [-0.39, 0.29) is 18.2 Å². The van der Waals surface area contributed by atoms with Gasteiger partial charge in [0.25, 0.3) is 0 Å². The summed E-state index contributed by atoms with van der Waals surface area (Å²) < 4.78 is 0. The first-order chi connectivity index (χ1) is 12.1. The molecule has 1 unspecified atom stereocenters. The molecule has 5 nitrogen and oxygen atoms in total. The van der Waals surface area contributed by atoms with Crippen LogP contribution in [0.1, 0.15) is 37.7 Å². The highest BCUT2D eigenvalue weighted by atomic mass is 16.3. The summed E-state index contributed by atoms with van der Waals surface area (Å²) in [5, 5.41) is 12.7. The molecule has 2 N–H and O–H groups in total. The van der Waals surface area contributed by atoms with Crippen LogP contribution in [0.25, 0.3) is 0 Å². The zero-order chi connectivity index (χ0) is 17.6. The lowest BCUT2D eigenvalue weighted by atomic mass is 9.93. The van der Waals surface area contributed by atoms with E-state index in [4.69, 9.17) is 0 Å². The molecule has 2 amide bonds. The van der Waals surface area contributed by atoms with Gasteiger partial charge in [-0.2, -0.15) is 0 Å². The van der Waals surface area contributed by atoms with E-state index in [0.717, 1.165) is 58.3 Å². The molecule has 2 aliphatic rings. The van der Waals surface area contributed by atoms with Gasteiger partial charge < -0.3 is 15.3 Å². The third kappa shape index (κ3) is 5.44. The Hall–Kier alpha value is -1.59. The summed E-state index contributed by atoms with van der Waals surface area (Å²) >= 11 is 0. The molecule has 1 aromatic carbocycles. The number of nitrogens with one attached hydrogen (secondary N) is 1. The van der Waals surface area contributed by atoms with Crippen molar-refractivity contribution in [1.82, 2.24) is 15.1 Å². The molecular formula is C20H31N3O2. The molecular weight excluding hydrogens is 314 g/mol. The van der Waals surface area contributed by atoms with Crippen molar-refractivity contribution in [1.29, 1.82) is 0 Å². The Bertz CT molecular complexity index is 543. The van der Waals surface area contributed by atoms with Gasteiger partial charge in [-0.25, -0.2) is 4.79 Å². The average molecular weight is 345 g/mol. The van der Waals surface area contributed by atoms with Gasteiger partial charge in [-0.3, -0.25) is 4.90 Å². The summed E-state index contributed by atoms with van der Waals surface area (Å²) in [4.78, 5) is 16.7. The lowest BCUT2D eigenvalue weighted by Gasteiger charge is -2.29. The summed E-state index contributed by atoms with van der Waals surface area (Å²) in [6, 6.07) is 10.8. The summed E-state index contributed by atoms with van der Waals surface area (Å²) in [7, 11) is 1.90. The van der Waals surface area contributed by atoms with Crippen molar-refractivity contribution in [3.05, 3.63) is 35.9 Å². The van der Waals surface area contributed by atoms with Crippen LogP contribution < -0.4 is 5.32 Å². The standard InChI is InChI=1S/C20H31N3O2/c1-22(20(25)21-18-7-9-19(24)10-8-18)13-17-11-12-23(15-17)14-16-5-3-2-4-6-16/h2-6,17-19,24H,7-15H2,1H3,(H,21,25).